The molecule has 0 aromatic carbocycles. The summed E-state index contributed by atoms with van der Waals surface area (Å²) in [6, 6.07) is 0. The molecule has 1 atom stereocenters. The number of carbonyl (C=O) groups excluding carboxylic acids is 1. The summed E-state index contributed by atoms with van der Waals surface area (Å²) in [5.41, 5.74) is 0. The van der Waals surface area contributed by atoms with Crippen LogP contribution in [0.5, 0.6) is 0 Å². The first-order valence-electron chi connectivity index (χ1n) is 4.60. The molecule has 0 fully saturated rings. The van der Waals surface area contributed by atoms with E-state index in [9.17, 15) is 18.0 Å². The Balaban J connectivity index is 3.59. The Labute approximate surface area is 81.4 Å². The van der Waals surface area contributed by atoms with Gasteiger partial charge >= 0.3 is 12.1 Å². The average molecular weight is 212 g/mol. The zero-order chi connectivity index (χ0) is 11.2. The molecule has 0 aromatic heterocycles. The smallest absolute Gasteiger partial charge is 0.391 e. The van der Waals surface area contributed by atoms with E-state index in [0.717, 1.165) is 6.92 Å². The van der Waals surface area contributed by atoms with Crippen molar-refractivity contribution in [2.24, 2.45) is 5.92 Å². The molecule has 0 rings (SSSR count). The van der Waals surface area contributed by atoms with Gasteiger partial charge in [-0.25, -0.2) is 0 Å². The largest absolute Gasteiger partial charge is 0.466 e. The molecule has 0 aliphatic carbocycles. The van der Waals surface area contributed by atoms with Crippen LogP contribution >= 0.6 is 0 Å². The lowest BCUT2D eigenvalue weighted by molar-refractivity contribution is -0.172. The molecule has 0 aliphatic heterocycles. The summed E-state index contributed by atoms with van der Waals surface area (Å²) in [7, 11) is 0. The highest BCUT2D eigenvalue weighted by Crippen LogP contribution is 2.29. The van der Waals surface area contributed by atoms with E-state index < -0.39 is 18.1 Å². The van der Waals surface area contributed by atoms with Gasteiger partial charge in [-0.15, -0.1) is 0 Å². The molecule has 2 nitrogen and oxygen atoms in total. The summed E-state index contributed by atoms with van der Waals surface area (Å²) in [6.45, 7) is 3.05. The molecule has 0 N–H and O–H groups in total. The second-order valence-electron chi connectivity index (χ2n) is 3.14. The number of ether oxygens (including phenoxy) is 1. The molecule has 0 radical (unpaired) electrons. The van der Waals surface area contributed by atoms with E-state index in [4.69, 9.17) is 0 Å². The maximum absolute atomic E-state index is 12.0. The van der Waals surface area contributed by atoms with Crippen molar-refractivity contribution >= 4 is 5.97 Å². The lowest BCUT2D eigenvalue weighted by Crippen LogP contribution is -2.19. The van der Waals surface area contributed by atoms with Crippen molar-refractivity contribution in [2.75, 3.05) is 6.61 Å². The van der Waals surface area contributed by atoms with Crippen LogP contribution in [-0.2, 0) is 9.53 Å². The third-order valence-electron chi connectivity index (χ3n) is 1.88. The predicted octanol–water partition coefficient (Wildman–Crippen LogP) is 2.92. The minimum absolute atomic E-state index is 0.0255. The lowest BCUT2D eigenvalue weighted by Gasteiger charge is -2.14. The molecule has 0 saturated heterocycles. The number of halogens is 3. The molecule has 84 valence electrons. The van der Waals surface area contributed by atoms with Crippen molar-refractivity contribution in [2.45, 2.75) is 39.3 Å². The Hall–Kier alpha value is -0.740. The van der Waals surface area contributed by atoms with E-state index in [1.54, 1.807) is 6.92 Å². The van der Waals surface area contributed by atoms with Crippen molar-refractivity contribution in [1.29, 1.82) is 0 Å². The molecule has 0 aliphatic rings. The van der Waals surface area contributed by atoms with Crippen LogP contribution in [0.4, 0.5) is 13.2 Å². The Morgan fingerprint density at radius 3 is 2.43 bits per heavy atom. The van der Waals surface area contributed by atoms with E-state index in [1.165, 1.54) is 0 Å². The van der Waals surface area contributed by atoms with E-state index in [1.807, 2.05) is 0 Å². The maximum atomic E-state index is 12.0. The summed E-state index contributed by atoms with van der Waals surface area (Å²) in [6.07, 6.45) is -3.90. The molecule has 0 saturated carbocycles. The number of hydrogen-bond donors (Lipinski definition) is 0. The molecule has 14 heavy (non-hydrogen) atoms. The van der Waals surface area contributed by atoms with Crippen molar-refractivity contribution in [3.63, 3.8) is 0 Å². The van der Waals surface area contributed by atoms with E-state index in [-0.39, 0.29) is 25.9 Å². The van der Waals surface area contributed by atoms with Gasteiger partial charge in [0, 0.05) is 6.42 Å². The van der Waals surface area contributed by atoms with Gasteiger partial charge in [0.25, 0.3) is 0 Å². The normalized spacial score (nSPS) is 13.8. The summed E-state index contributed by atoms with van der Waals surface area (Å²) in [4.78, 5) is 10.8. The van der Waals surface area contributed by atoms with Crippen LogP contribution in [0.25, 0.3) is 0 Å². The Bertz CT molecular complexity index is 177. The quantitative estimate of drug-likeness (QED) is 0.655. The van der Waals surface area contributed by atoms with Crippen LogP contribution < -0.4 is 0 Å². The fraction of sp³-hybridized carbons (Fsp3) is 0.889. The number of esters is 1. The van der Waals surface area contributed by atoms with Gasteiger partial charge in [0.2, 0.25) is 0 Å². The standard InChI is InChI=1S/C9H15F3O2/c1-3-14-8(13)6-4-5-7(2)9(10,11)12/h7H,3-6H2,1-2H3/t7-/m0/s1. The second kappa shape index (κ2) is 5.88. The van der Waals surface area contributed by atoms with Gasteiger partial charge in [0.05, 0.1) is 12.5 Å². The zero-order valence-electron chi connectivity index (χ0n) is 8.36. The SMILES string of the molecule is CCOC(=O)CCC[C@H](C)C(F)(F)F. The van der Waals surface area contributed by atoms with Crippen molar-refractivity contribution in [1.82, 2.24) is 0 Å². The van der Waals surface area contributed by atoms with Gasteiger partial charge < -0.3 is 4.74 Å². The fourth-order valence-electron chi connectivity index (χ4n) is 0.949. The van der Waals surface area contributed by atoms with Gasteiger partial charge in [-0.05, 0) is 19.8 Å². The van der Waals surface area contributed by atoms with Crippen LogP contribution in [0.1, 0.15) is 33.1 Å². The summed E-state index contributed by atoms with van der Waals surface area (Å²) < 4.78 is 40.6. The Morgan fingerprint density at radius 1 is 1.43 bits per heavy atom. The number of carbonyl (C=O) groups is 1. The lowest BCUT2D eigenvalue weighted by atomic mass is 10.0. The first-order valence-corrected chi connectivity index (χ1v) is 4.60. The van der Waals surface area contributed by atoms with Crippen molar-refractivity contribution in [3.8, 4) is 0 Å². The molecule has 5 heteroatoms. The van der Waals surface area contributed by atoms with Crippen LogP contribution in [0.2, 0.25) is 0 Å². The molecular weight excluding hydrogens is 197 g/mol. The van der Waals surface area contributed by atoms with Gasteiger partial charge in [0.15, 0.2) is 0 Å². The first-order chi connectivity index (χ1) is 6.38. The van der Waals surface area contributed by atoms with E-state index in [2.05, 4.69) is 4.74 Å². The third kappa shape index (κ3) is 5.83. The van der Waals surface area contributed by atoms with Crippen LogP contribution in [0, 0.1) is 5.92 Å². The second-order valence-corrected chi connectivity index (χ2v) is 3.14. The Morgan fingerprint density at radius 2 is 2.00 bits per heavy atom. The minimum Gasteiger partial charge on any atom is -0.466 e. The predicted molar refractivity (Wildman–Crippen MR) is 45.7 cm³/mol. The van der Waals surface area contributed by atoms with E-state index >= 15 is 0 Å². The van der Waals surface area contributed by atoms with Gasteiger partial charge in [-0.3, -0.25) is 4.79 Å². The molecule has 0 spiro atoms. The molecule has 0 aromatic rings. The van der Waals surface area contributed by atoms with E-state index in [0.29, 0.717) is 0 Å². The molecule has 0 unspecified atom stereocenters. The van der Waals surface area contributed by atoms with Crippen molar-refractivity contribution in [3.05, 3.63) is 0 Å². The number of hydrogen-bond acceptors (Lipinski definition) is 2. The highest BCUT2D eigenvalue weighted by Gasteiger charge is 2.35. The molecular formula is C9H15F3O2. The maximum Gasteiger partial charge on any atom is 0.391 e. The average Bonchev–Trinajstić information content (AvgIpc) is 2.02. The zero-order valence-corrected chi connectivity index (χ0v) is 8.36. The van der Waals surface area contributed by atoms with Gasteiger partial charge in [-0.2, -0.15) is 13.2 Å². The highest BCUT2D eigenvalue weighted by molar-refractivity contribution is 5.69. The summed E-state index contributed by atoms with van der Waals surface area (Å²) in [5.74, 6) is -1.78. The minimum atomic E-state index is -4.16. The molecule has 0 heterocycles. The van der Waals surface area contributed by atoms with Gasteiger partial charge in [-0.1, -0.05) is 6.92 Å². The Kier molecular flexibility index (Phi) is 5.57. The van der Waals surface area contributed by atoms with Crippen molar-refractivity contribution < 1.29 is 22.7 Å². The fourth-order valence-corrected chi connectivity index (χ4v) is 0.949. The monoisotopic (exact) mass is 212 g/mol. The number of rotatable bonds is 5. The van der Waals surface area contributed by atoms with Crippen LogP contribution in [-0.4, -0.2) is 18.8 Å². The first kappa shape index (κ1) is 13.3. The molecule has 0 bridgehead atoms. The topological polar surface area (TPSA) is 26.3 Å². The molecule has 0 amide bonds. The third-order valence-corrected chi connectivity index (χ3v) is 1.88. The van der Waals surface area contributed by atoms with Crippen LogP contribution in [0.15, 0.2) is 0 Å². The van der Waals surface area contributed by atoms with Crippen LogP contribution in [0.3, 0.4) is 0 Å². The summed E-state index contributed by atoms with van der Waals surface area (Å²) >= 11 is 0. The number of alkyl halides is 3. The van der Waals surface area contributed by atoms with Gasteiger partial charge in [0.1, 0.15) is 0 Å². The highest BCUT2D eigenvalue weighted by atomic mass is 19.4. The summed E-state index contributed by atoms with van der Waals surface area (Å²) in [5, 5.41) is 0.